The molecule has 0 radical (unpaired) electrons. The fraction of sp³-hybridized carbons (Fsp3) is 0.559. The van der Waals surface area contributed by atoms with Gasteiger partial charge >= 0.3 is 0 Å². The van der Waals surface area contributed by atoms with Crippen LogP contribution in [0.2, 0.25) is 0 Å². The molecule has 39 heavy (non-hydrogen) atoms. The number of hydrogen-bond donors (Lipinski definition) is 2. The molecule has 5 nitrogen and oxygen atoms in total. The molecule has 3 aliphatic carbocycles. The van der Waals surface area contributed by atoms with Crippen molar-refractivity contribution < 1.29 is 19.7 Å². The fourth-order valence-corrected chi connectivity index (χ4v) is 7.00. The van der Waals surface area contributed by atoms with E-state index < -0.39 is 17.1 Å². The van der Waals surface area contributed by atoms with Crippen LogP contribution in [0.25, 0.3) is 0 Å². The number of methoxy groups -OCH3 is 1. The van der Waals surface area contributed by atoms with Crippen molar-refractivity contribution in [2.45, 2.75) is 89.8 Å². The summed E-state index contributed by atoms with van der Waals surface area (Å²) >= 11 is 0. The first-order valence-electron chi connectivity index (χ1n) is 14.7. The number of fused-ring (bicyclic) bond motifs is 8. The van der Waals surface area contributed by atoms with Gasteiger partial charge in [-0.05, 0) is 119 Å². The van der Waals surface area contributed by atoms with Gasteiger partial charge in [0.05, 0.1) is 18.8 Å². The number of carbonyl (C=O) groups excluding carboxylic acids is 1. The molecule has 1 saturated carbocycles. The molecule has 2 aromatic carbocycles. The molecular formula is C34H47NO4. The van der Waals surface area contributed by atoms with Gasteiger partial charge in [-0.3, -0.25) is 4.79 Å². The maximum absolute atomic E-state index is 14.1. The largest absolute Gasteiger partial charge is 0.497 e. The average Bonchev–Trinajstić information content (AvgIpc) is 3.16. The van der Waals surface area contributed by atoms with Crippen molar-refractivity contribution >= 4 is 5.78 Å². The second-order valence-electron chi connectivity index (χ2n) is 12.2. The van der Waals surface area contributed by atoms with Crippen LogP contribution in [0.1, 0.15) is 98.7 Å². The molecule has 0 unspecified atom stereocenters. The number of aliphatic hydroxyl groups is 2. The highest BCUT2D eigenvalue weighted by Crippen LogP contribution is 2.58. The van der Waals surface area contributed by atoms with E-state index in [-0.39, 0.29) is 11.7 Å². The molecule has 0 saturated heterocycles. The highest BCUT2D eigenvalue weighted by molar-refractivity contribution is 6.10. The topological polar surface area (TPSA) is 70.0 Å². The number of ether oxygens (including phenoxy) is 1. The third-order valence-corrected chi connectivity index (χ3v) is 9.41. The molecule has 0 spiro atoms. The van der Waals surface area contributed by atoms with Crippen molar-refractivity contribution in [3.63, 3.8) is 0 Å². The molecule has 3 aliphatic rings. The lowest BCUT2D eigenvalue weighted by atomic mass is 9.64. The number of aliphatic hydroxyl groups excluding tert-OH is 1. The highest BCUT2D eigenvalue weighted by atomic mass is 16.5. The van der Waals surface area contributed by atoms with Gasteiger partial charge in [-0.25, -0.2) is 0 Å². The third kappa shape index (κ3) is 6.32. The number of hydrogen-bond acceptors (Lipinski definition) is 5. The number of allylic oxidation sites excluding steroid dienone is 2. The predicted molar refractivity (Wildman–Crippen MR) is 158 cm³/mol. The second-order valence-corrected chi connectivity index (χ2v) is 12.2. The molecule has 1 fully saturated rings. The maximum Gasteiger partial charge on any atom is 0.193 e. The minimum atomic E-state index is -0.851. The Kier molecular flexibility index (Phi) is 9.36. The van der Waals surface area contributed by atoms with E-state index in [4.69, 9.17) is 4.74 Å². The summed E-state index contributed by atoms with van der Waals surface area (Å²) in [6.45, 7) is 8.14. The van der Waals surface area contributed by atoms with Crippen LogP contribution in [0, 0.1) is 5.41 Å². The van der Waals surface area contributed by atoms with Gasteiger partial charge < -0.3 is 19.8 Å². The van der Waals surface area contributed by atoms with Gasteiger partial charge in [-0.15, -0.1) is 0 Å². The summed E-state index contributed by atoms with van der Waals surface area (Å²) in [5.74, 6) is 0.740. The van der Waals surface area contributed by atoms with Crippen LogP contribution in [0.5, 0.6) is 5.75 Å². The van der Waals surface area contributed by atoms with Crippen LogP contribution in [-0.2, 0) is 6.42 Å². The SMILES string of the molecule is CCCN(C)C[C@]1(O)CC[C@H]2c3ccc(cc3C(=O)c3ccc(OC)cc3)C[C@@H](O)CCC(C)=CCC[C@@]21C. The number of rotatable bonds is 7. The van der Waals surface area contributed by atoms with Crippen molar-refractivity contribution in [1.82, 2.24) is 4.90 Å². The van der Waals surface area contributed by atoms with E-state index in [2.05, 4.69) is 50.9 Å². The summed E-state index contributed by atoms with van der Waals surface area (Å²) in [6.07, 6.45) is 8.19. The van der Waals surface area contributed by atoms with Crippen LogP contribution in [0.4, 0.5) is 0 Å². The van der Waals surface area contributed by atoms with E-state index in [0.29, 0.717) is 42.7 Å². The van der Waals surface area contributed by atoms with E-state index in [1.807, 2.05) is 30.3 Å². The first kappa shape index (κ1) is 29.5. The van der Waals surface area contributed by atoms with Crippen LogP contribution in [-0.4, -0.2) is 59.8 Å². The van der Waals surface area contributed by atoms with Gasteiger partial charge in [-0.2, -0.15) is 0 Å². The second kappa shape index (κ2) is 12.4. The van der Waals surface area contributed by atoms with Crippen molar-refractivity contribution in [1.29, 1.82) is 0 Å². The molecule has 212 valence electrons. The molecule has 0 heterocycles. The molecule has 5 heteroatoms. The van der Waals surface area contributed by atoms with Crippen LogP contribution >= 0.6 is 0 Å². The molecule has 0 amide bonds. The predicted octanol–water partition coefficient (Wildman–Crippen LogP) is 6.31. The lowest BCUT2D eigenvalue weighted by molar-refractivity contribution is -0.0799. The fourth-order valence-electron chi connectivity index (χ4n) is 7.00. The summed E-state index contributed by atoms with van der Waals surface area (Å²) in [4.78, 5) is 16.3. The number of ketones is 1. The lowest BCUT2D eigenvalue weighted by Gasteiger charge is -2.45. The molecular weight excluding hydrogens is 486 g/mol. The van der Waals surface area contributed by atoms with Gasteiger partial charge in [0.1, 0.15) is 5.75 Å². The van der Waals surface area contributed by atoms with Crippen LogP contribution in [0.3, 0.4) is 0 Å². The van der Waals surface area contributed by atoms with E-state index in [0.717, 1.165) is 49.8 Å². The Morgan fingerprint density at radius 2 is 1.87 bits per heavy atom. The number of likely N-dealkylation sites (N-methyl/N-ethyl adjacent to an activating group) is 1. The smallest absolute Gasteiger partial charge is 0.193 e. The minimum Gasteiger partial charge on any atom is -0.497 e. The summed E-state index contributed by atoms with van der Waals surface area (Å²) in [7, 11) is 3.72. The number of nitrogens with zero attached hydrogens (tertiary/aromatic N) is 1. The zero-order valence-corrected chi connectivity index (χ0v) is 24.5. The quantitative estimate of drug-likeness (QED) is 0.323. The molecule has 2 N–H and O–H groups in total. The minimum absolute atomic E-state index is 0.0206. The number of carbonyl (C=O) groups is 1. The van der Waals surface area contributed by atoms with Crippen LogP contribution < -0.4 is 4.74 Å². The molecule has 2 bridgehead atoms. The summed E-state index contributed by atoms with van der Waals surface area (Å²) in [5.41, 5.74) is 3.34. The van der Waals surface area contributed by atoms with Gasteiger partial charge in [0.2, 0.25) is 0 Å². The molecule has 0 aromatic heterocycles. The molecule has 0 aliphatic heterocycles. The zero-order valence-electron chi connectivity index (χ0n) is 24.5. The third-order valence-electron chi connectivity index (χ3n) is 9.41. The number of benzene rings is 2. The van der Waals surface area contributed by atoms with Crippen molar-refractivity contribution in [3.05, 3.63) is 76.4 Å². The summed E-state index contributed by atoms with van der Waals surface area (Å²) < 4.78 is 5.31. The summed E-state index contributed by atoms with van der Waals surface area (Å²) in [6, 6.07) is 13.5. The van der Waals surface area contributed by atoms with Gasteiger partial charge in [0, 0.05) is 23.1 Å². The van der Waals surface area contributed by atoms with E-state index in [1.165, 1.54) is 5.57 Å². The highest BCUT2D eigenvalue weighted by Gasteiger charge is 2.57. The Hall–Kier alpha value is -2.47. The van der Waals surface area contributed by atoms with Gasteiger partial charge in [0.15, 0.2) is 5.78 Å². The van der Waals surface area contributed by atoms with Crippen molar-refractivity contribution in [2.24, 2.45) is 5.41 Å². The van der Waals surface area contributed by atoms with E-state index in [1.54, 1.807) is 7.11 Å². The van der Waals surface area contributed by atoms with Crippen molar-refractivity contribution in [3.8, 4) is 5.75 Å². The lowest BCUT2D eigenvalue weighted by Crippen LogP contribution is -2.51. The monoisotopic (exact) mass is 533 g/mol. The maximum atomic E-state index is 14.1. The molecule has 4 atom stereocenters. The Labute approximate surface area is 234 Å². The first-order chi connectivity index (χ1) is 18.6. The average molecular weight is 534 g/mol. The summed E-state index contributed by atoms with van der Waals surface area (Å²) in [5, 5.41) is 23.1. The Balaban J connectivity index is 1.82. The first-order valence-corrected chi connectivity index (χ1v) is 14.7. The van der Waals surface area contributed by atoms with E-state index in [9.17, 15) is 15.0 Å². The molecule has 2 aromatic rings. The Bertz CT molecular complexity index is 1170. The van der Waals surface area contributed by atoms with Gasteiger partial charge in [-0.1, -0.05) is 37.6 Å². The van der Waals surface area contributed by atoms with Crippen molar-refractivity contribution in [2.75, 3.05) is 27.2 Å². The van der Waals surface area contributed by atoms with Crippen LogP contribution in [0.15, 0.2) is 54.1 Å². The van der Waals surface area contributed by atoms with E-state index >= 15 is 0 Å². The normalized spacial score (nSPS) is 27.6. The standard InChI is InChI=1S/C34H47NO4/c1-6-20-35(4)23-34(38)19-17-31-29-16-10-25(21-27(36)13-9-24(2)8-7-18-33(31,34)3)22-30(29)32(37)26-11-14-28(39-5)15-12-26/h8,10-12,14-16,22,27,31,36,38H,6-7,9,13,17-21,23H2,1-5H3/t27-,31-,33-,34+/m0/s1. The Morgan fingerprint density at radius 1 is 1.13 bits per heavy atom. The zero-order chi connectivity index (χ0) is 28.2. The molecule has 5 rings (SSSR count). The van der Waals surface area contributed by atoms with Gasteiger partial charge in [0.25, 0.3) is 0 Å². The Morgan fingerprint density at radius 3 is 2.56 bits per heavy atom.